The summed E-state index contributed by atoms with van der Waals surface area (Å²) in [5.74, 6) is 2.61. The number of ether oxygens (including phenoxy) is 1. The van der Waals surface area contributed by atoms with E-state index in [0.717, 1.165) is 42.1 Å². The molecule has 27 heavy (non-hydrogen) atoms. The van der Waals surface area contributed by atoms with E-state index in [1.165, 1.54) is 0 Å². The van der Waals surface area contributed by atoms with Gasteiger partial charge in [-0.3, -0.25) is 4.98 Å². The third kappa shape index (κ3) is 4.09. The maximum Gasteiger partial charge on any atom is 0.245 e. The SMILES string of the molecule is COCCc1noc(CNc2nc(-c3cccnc3)nc3c2CCNC3)n1. The molecule has 3 aromatic rings. The minimum absolute atomic E-state index is 0.406. The minimum Gasteiger partial charge on any atom is -0.384 e. The largest absolute Gasteiger partial charge is 0.384 e. The molecular formula is C18H21N7O2. The zero-order valence-electron chi connectivity index (χ0n) is 15.1. The van der Waals surface area contributed by atoms with E-state index < -0.39 is 0 Å². The zero-order valence-corrected chi connectivity index (χ0v) is 15.1. The number of hydrogen-bond acceptors (Lipinski definition) is 9. The Morgan fingerprint density at radius 2 is 2.26 bits per heavy atom. The number of rotatable bonds is 7. The van der Waals surface area contributed by atoms with Crippen LogP contribution >= 0.6 is 0 Å². The molecule has 0 amide bonds. The summed E-state index contributed by atoms with van der Waals surface area (Å²) in [6.07, 6.45) is 4.99. The lowest BCUT2D eigenvalue weighted by molar-refractivity contribution is 0.199. The molecule has 4 heterocycles. The van der Waals surface area contributed by atoms with Gasteiger partial charge in [-0.05, 0) is 25.1 Å². The highest BCUT2D eigenvalue weighted by molar-refractivity contribution is 5.59. The Kier molecular flexibility index (Phi) is 5.31. The predicted octanol–water partition coefficient (Wildman–Crippen LogP) is 1.37. The molecule has 9 heteroatoms. The van der Waals surface area contributed by atoms with Crippen molar-refractivity contribution < 1.29 is 9.26 Å². The van der Waals surface area contributed by atoms with Gasteiger partial charge in [-0.25, -0.2) is 9.97 Å². The molecule has 0 saturated heterocycles. The van der Waals surface area contributed by atoms with Crippen LogP contribution in [0.4, 0.5) is 5.82 Å². The fraction of sp³-hybridized carbons (Fsp3) is 0.389. The summed E-state index contributed by atoms with van der Waals surface area (Å²) in [4.78, 5) is 18.0. The molecule has 0 fully saturated rings. The highest BCUT2D eigenvalue weighted by Gasteiger charge is 2.19. The Morgan fingerprint density at radius 1 is 1.30 bits per heavy atom. The van der Waals surface area contributed by atoms with E-state index in [4.69, 9.17) is 19.2 Å². The van der Waals surface area contributed by atoms with E-state index >= 15 is 0 Å². The van der Waals surface area contributed by atoms with Crippen LogP contribution in [0.2, 0.25) is 0 Å². The van der Waals surface area contributed by atoms with Gasteiger partial charge in [0, 0.05) is 43.6 Å². The van der Waals surface area contributed by atoms with Crippen LogP contribution in [0.25, 0.3) is 11.4 Å². The first kappa shape index (κ1) is 17.5. The Morgan fingerprint density at radius 3 is 3.11 bits per heavy atom. The number of nitrogens with one attached hydrogen (secondary N) is 2. The molecule has 1 aliphatic rings. The van der Waals surface area contributed by atoms with Gasteiger partial charge in [-0.1, -0.05) is 5.16 Å². The molecule has 0 unspecified atom stereocenters. The topological polar surface area (TPSA) is 111 Å². The highest BCUT2D eigenvalue weighted by atomic mass is 16.5. The maximum atomic E-state index is 5.30. The van der Waals surface area contributed by atoms with E-state index in [2.05, 4.69) is 25.8 Å². The fourth-order valence-corrected chi connectivity index (χ4v) is 2.95. The molecule has 9 nitrogen and oxygen atoms in total. The predicted molar refractivity (Wildman–Crippen MR) is 97.9 cm³/mol. The van der Waals surface area contributed by atoms with Crippen molar-refractivity contribution in [2.75, 3.05) is 25.6 Å². The number of methoxy groups -OCH3 is 1. The van der Waals surface area contributed by atoms with E-state index in [-0.39, 0.29) is 0 Å². The number of anilines is 1. The van der Waals surface area contributed by atoms with Crippen LogP contribution in [-0.4, -0.2) is 45.4 Å². The standard InChI is InChI=1S/C18H21N7O2/c1-26-8-5-15-23-16(27-25-15)11-21-18-13-4-7-20-10-14(13)22-17(24-18)12-3-2-6-19-9-12/h2-3,6,9,20H,4-5,7-8,10-11H2,1H3,(H,21,22,24). The Labute approximate surface area is 156 Å². The third-order valence-electron chi connectivity index (χ3n) is 4.30. The van der Waals surface area contributed by atoms with E-state index in [9.17, 15) is 0 Å². The average Bonchev–Trinajstić information content (AvgIpc) is 3.18. The summed E-state index contributed by atoms with van der Waals surface area (Å²) in [7, 11) is 1.65. The molecule has 0 atom stereocenters. The summed E-state index contributed by atoms with van der Waals surface area (Å²) in [5.41, 5.74) is 3.01. The lowest BCUT2D eigenvalue weighted by atomic mass is 10.1. The molecule has 0 bridgehead atoms. The van der Waals surface area contributed by atoms with Crippen LogP contribution < -0.4 is 10.6 Å². The molecule has 0 saturated carbocycles. The Hall–Kier alpha value is -2.91. The summed E-state index contributed by atoms with van der Waals surface area (Å²) in [6.45, 7) is 2.59. The molecule has 2 N–H and O–H groups in total. The van der Waals surface area contributed by atoms with Crippen molar-refractivity contribution >= 4 is 5.82 Å². The van der Waals surface area contributed by atoms with Crippen LogP contribution in [0.5, 0.6) is 0 Å². The van der Waals surface area contributed by atoms with Crippen molar-refractivity contribution in [1.29, 1.82) is 0 Å². The van der Waals surface area contributed by atoms with Crippen LogP contribution in [0, 0.1) is 0 Å². The second kappa shape index (κ2) is 8.19. The van der Waals surface area contributed by atoms with E-state index in [1.54, 1.807) is 19.5 Å². The molecule has 3 aromatic heterocycles. The van der Waals surface area contributed by atoms with Gasteiger partial charge in [0.1, 0.15) is 5.82 Å². The lowest BCUT2D eigenvalue weighted by Gasteiger charge is -2.20. The number of hydrogen-bond donors (Lipinski definition) is 2. The second-order valence-electron chi connectivity index (χ2n) is 6.19. The van der Waals surface area contributed by atoms with Gasteiger partial charge in [0.15, 0.2) is 11.6 Å². The monoisotopic (exact) mass is 367 g/mol. The van der Waals surface area contributed by atoms with Crippen LogP contribution in [0.3, 0.4) is 0 Å². The number of aromatic nitrogens is 5. The van der Waals surface area contributed by atoms with Gasteiger partial charge in [0.05, 0.1) is 18.8 Å². The molecule has 140 valence electrons. The van der Waals surface area contributed by atoms with Crippen molar-refractivity contribution in [2.45, 2.75) is 25.9 Å². The molecule has 1 aliphatic heterocycles. The first-order valence-corrected chi connectivity index (χ1v) is 8.88. The smallest absolute Gasteiger partial charge is 0.245 e. The van der Waals surface area contributed by atoms with Gasteiger partial charge in [0.25, 0.3) is 0 Å². The van der Waals surface area contributed by atoms with Crippen molar-refractivity contribution in [3.63, 3.8) is 0 Å². The van der Waals surface area contributed by atoms with Gasteiger partial charge in [0.2, 0.25) is 5.89 Å². The summed E-state index contributed by atoms with van der Waals surface area (Å²) < 4.78 is 10.3. The fourth-order valence-electron chi connectivity index (χ4n) is 2.95. The number of pyridine rings is 1. The Balaban J connectivity index is 1.56. The summed E-state index contributed by atoms with van der Waals surface area (Å²) >= 11 is 0. The zero-order chi connectivity index (χ0) is 18.5. The molecule has 0 aliphatic carbocycles. The van der Waals surface area contributed by atoms with Gasteiger partial charge in [-0.2, -0.15) is 4.98 Å². The highest BCUT2D eigenvalue weighted by Crippen LogP contribution is 2.24. The van der Waals surface area contributed by atoms with Gasteiger partial charge in [-0.15, -0.1) is 0 Å². The molecular weight excluding hydrogens is 346 g/mol. The molecule has 0 aromatic carbocycles. The van der Waals surface area contributed by atoms with E-state index in [0.29, 0.717) is 37.1 Å². The quantitative estimate of drug-likeness (QED) is 0.639. The first-order valence-electron chi connectivity index (χ1n) is 8.88. The molecule has 4 rings (SSSR count). The number of fused-ring (bicyclic) bond motifs is 1. The van der Waals surface area contributed by atoms with Gasteiger partial charge >= 0.3 is 0 Å². The van der Waals surface area contributed by atoms with E-state index in [1.807, 2.05) is 12.1 Å². The van der Waals surface area contributed by atoms with Crippen molar-refractivity contribution in [3.8, 4) is 11.4 Å². The lowest BCUT2D eigenvalue weighted by Crippen LogP contribution is -2.26. The summed E-state index contributed by atoms with van der Waals surface area (Å²) in [5, 5.41) is 10.7. The Bertz CT molecular complexity index is 898. The first-order chi connectivity index (χ1) is 13.3. The molecule has 0 radical (unpaired) electrons. The number of nitrogens with zero attached hydrogens (tertiary/aromatic N) is 5. The minimum atomic E-state index is 0.406. The third-order valence-corrected chi connectivity index (χ3v) is 4.30. The van der Waals surface area contributed by atoms with Crippen molar-refractivity contribution in [3.05, 3.63) is 47.5 Å². The summed E-state index contributed by atoms with van der Waals surface area (Å²) in [6, 6.07) is 3.83. The van der Waals surface area contributed by atoms with Crippen LogP contribution in [-0.2, 0) is 30.7 Å². The van der Waals surface area contributed by atoms with Crippen molar-refractivity contribution in [2.24, 2.45) is 0 Å². The molecule has 0 spiro atoms. The average molecular weight is 367 g/mol. The van der Waals surface area contributed by atoms with Crippen LogP contribution in [0.1, 0.15) is 23.0 Å². The van der Waals surface area contributed by atoms with Gasteiger partial charge < -0.3 is 19.9 Å². The van der Waals surface area contributed by atoms with Crippen LogP contribution in [0.15, 0.2) is 29.0 Å². The second-order valence-corrected chi connectivity index (χ2v) is 6.19. The van der Waals surface area contributed by atoms with Crippen molar-refractivity contribution in [1.82, 2.24) is 30.4 Å². The maximum absolute atomic E-state index is 5.30. The normalized spacial score (nSPS) is 13.4.